The summed E-state index contributed by atoms with van der Waals surface area (Å²) in [4.78, 5) is 0. The second-order valence-corrected chi connectivity index (χ2v) is 5.48. The molecular weight excluding hydrogens is 198 g/mol. The minimum atomic E-state index is -3.50. The van der Waals surface area contributed by atoms with Crippen molar-refractivity contribution in [3.8, 4) is 0 Å². The predicted molar refractivity (Wildman–Crippen MR) is 57.4 cm³/mol. The van der Waals surface area contributed by atoms with E-state index in [1.807, 2.05) is 32.0 Å². The molecule has 3 nitrogen and oxygen atoms in total. The number of sulfonamides is 1. The molecule has 1 aromatic rings. The fourth-order valence-electron chi connectivity index (χ4n) is 1.37. The number of hydrogen-bond donors (Lipinski definition) is 1. The molecule has 1 unspecified atom stereocenters. The molecule has 0 bridgehead atoms. The molecule has 2 N–H and O–H groups in total. The third kappa shape index (κ3) is 2.33. The third-order valence-electron chi connectivity index (χ3n) is 2.37. The zero-order valence-corrected chi connectivity index (χ0v) is 9.43. The number of hydrogen-bond acceptors (Lipinski definition) is 2. The Morgan fingerprint density at radius 2 is 1.86 bits per heavy atom. The minimum absolute atomic E-state index is 0.637. The number of nitrogens with two attached hydrogens (primary N) is 1. The molecule has 4 heteroatoms. The molecule has 0 heterocycles. The van der Waals surface area contributed by atoms with E-state index in [1.54, 1.807) is 6.92 Å². The fraction of sp³-hybridized carbons (Fsp3) is 0.400. The fourth-order valence-corrected chi connectivity index (χ4v) is 1.98. The standard InChI is InChI=1S/C10H15NO2S/c1-7-4-5-8(2)10(6-7)9(3)14(11,12)13/h4-6,9H,1-3H3,(H2,11,12,13). The van der Waals surface area contributed by atoms with Crippen molar-refractivity contribution in [3.05, 3.63) is 34.9 Å². The first-order valence-electron chi connectivity index (χ1n) is 4.41. The lowest BCUT2D eigenvalue weighted by atomic mass is 10.0. The Kier molecular flexibility index (Phi) is 2.97. The highest BCUT2D eigenvalue weighted by Gasteiger charge is 2.19. The molecule has 0 radical (unpaired) electrons. The van der Waals surface area contributed by atoms with Gasteiger partial charge in [0.15, 0.2) is 0 Å². The van der Waals surface area contributed by atoms with E-state index >= 15 is 0 Å². The molecule has 0 saturated heterocycles. The Labute approximate surface area is 85.0 Å². The van der Waals surface area contributed by atoms with E-state index in [0.717, 1.165) is 16.7 Å². The Bertz CT molecular complexity index is 437. The monoisotopic (exact) mass is 213 g/mol. The summed E-state index contributed by atoms with van der Waals surface area (Å²) in [6, 6.07) is 5.73. The van der Waals surface area contributed by atoms with Crippen LogP contribution in [0.1, 0.15) is 28.9 Å². The van der Waals surface area contributed by atoms with Gasteiger partial charge in [0, 0.05) is 0 Å². The van der Waals surface area contributed by atoms with Crippen molar-refractivity contribution >= 4 is 10.0 Å². The van der Waals surface area contributed by atoms with Gasteiger partial charge >= 0.3 is 0 Å². The van der Waals surface area contributed by atoms with Gasteiger partial charge in [-0.1, -0.05) is 23.8 Å². The van der Waals surface area contributed by atoms with Crippen molar-refractivity contribution in [1.82, 2.24) is 0 Å². The topological polar surface area (TPSA) is 60.2 Å². The normalized spacial score (nSPS) is 14.0. The summed E-state index contributed by atoms with van der Waals surface area (Å²) in [5.41, 5.74) is 2.78. The number of rotatable bonds is 2. The molecule has 1 rings (SSSR count). The molecule has 14 heavy (non-hydrogen) atoms. The smallest absolute Gasteiger partial charge is 0.215 e. The Hall–Kier alpha value is -0.870. The van der Waals surface area contributed by atoms with Gasteiger partial charge in [0.1, 0.15) is 0 Å². The molecule has 0 amide bonds. The molecule has 1 aromatic carbocycles. The first-order valence-corrected chi connectivity index (χ1v) is 6.02. The molecular formula is C10H15NO2S. The maximum atomic E-state index is 11.2. The highest BCUT2D eigenvalue weighted by Crippen LogP contribution is 2.23. The largest absolute Gasteiger partial charge is 0.228 e. The van der Waals surface area contributed by atoms with Crippen LogP contribution >= 0.6 is 0 Å². The zero-order valence-electron chi connectivity index (χ0n) is 8.61. The first-order chi connectivity index (χ1) is 6.32. The van der Waals surface area contributed by atoms with Gasteiger partial charge in [-0.3, -0.25) is 0 Å². The maximum absolute atomic E-state index is 11.2. The summed E-state index contributed by atoms with van der Waals surface area (Å²) in [6.07, 6.45) is 0. The van der Waals surface area contributed by atoms with E-state index in [2.05, 4.69) is 0 Å². The van der Waals surface area contributed by atoms with Crippen LogP contribution in [0.4, 0.5) is 0 Å². The number of primary sulfonamides is 1. The highest BCUT2D eigenvalue weighted by atomic mass is 32.2. The van der Waals surface area contributed by atoms with Crippen LogP contribution in [-0.2, 0) is 10.0 Å². The average Bonchev–Trinajstić information content (AvgIpc) is 2.06. The van der Waals surface area contributed by atoms with Gasteiger partial charge < -0.3 is 0 Å². The zero-order chi connectivity index (χ0) is 10.9. The van der Waals surface area contributed by atoms with Crippen LogP contribution in [-0.4, -0.2) is 8.42 Å². The second-order valence-electron chi connectivity index (χ2n) is 3.59. The van der Waals surface area contributed by atoms with Crippen LogP contribution in [0.3, 0.4) is 0 Å². The van der Waals surface area contributed by atoms with Crippen LogP contribution in [0.5, 0.6) is 0 Å². The quantitative estimate of drug-likeness (QED) is 0.812. The van der Waals surface area contributed by atoms with Gasteiger partial charge in [0.25, 0.3) is 0 Å². The Morgan fingerprint density at radius 1 is 1.29 bits per heavy atom. The first kappa shape index (κ1) is 11.2. The molecule has 0 aliphatic heterocycles. The lowest BCUT2D eigenvalue weighted by molar-refractivity contribution is 0.587. The molecule has 78 valence electrons. The van der Waals surface area contributed by atoms with Crippen LogP contribution in [0.2, 0.25) is 0 Å². The van der Waals surface area contributed by atoms with Crippen LogP contribution in [0.15, 0.2) is 18.2 Å². The molecule has 1 atom stereocenters. The van der Waals surface area contributed by atoms with Crippen molar-refractivity contribution in [2.24, 2.45) is 5.14 Å². The van der Waals surface area contributed by atoms with Gasteiger partial charge in [-0.25, -0.2) is 13.6 Å². The molecule has 0 fully saturated rings. The maximum Gasteiger partial charge on any atom is 0.215 e. The summed E-state index contributed by atoms with van der Waals surface area (Å²) in [5.74, 6) is 0. The van der Waals surface area contributed by atoms with Gasteiger partial charge in [0.2, 0.25) is 10.0 Å². The van der Waals surface area contributed by atoms with Crippen LogP contribution in [0.25, 0.3) is 0 Å². The number of benzene rings is 1. The summed E-state index contributed by atoms with van der Waals surface area (Å²) < 4.78 is 22.3. The van der Waals surface area contributed by atoms with E-state index in [1.165, 1.54) is 0 Å². The summed E-state index contributed by atoms with van der Waals surface area (Å²) in [6.45, 7) is 5.42. The van der Waals surface area contributed by atoms with E-state index in [9.17, 15) is 8.42 Å². The van der Waals surface area contributed by atoms with E-state index in [4.69, 9.17) is 5.14 Å². The van der Waals surface area contributed by atoms with E-state index in [0.29, 0.717) is 0 Å². The van der Waals surface area contributed by atoms with Crippen LogP contribution in [0, 0.1) is 13.8 Å². The van der Waals surface area contributed by atoms with Crippen molar-refractivity contribution in [2.75, 3.05) is 0 Å². The van der Waals surface area contributed by atoms with Gasteiger partial charge in [-0.2, -0.15) is 0 Å². The predicted octanol–water partition coefficient (Wildman–Crippen LogP) is 1.65. The molecule has 0 aliphatic carbocycles. The summed E-state index contributed by atoms with van der Waals surface area (Å²) >= 11 is 0. The van der Waals surface area contributed by atoms with Gasteiger partial charge in [-0.05, 0) is 31.9 Å². The van der Waals surface area contributed by atoms with Crippen molar-refractivity contribution in [3.63, 3.8) is 0 Å². The summed E-state index contributed by atoms with van der Waals surface area (Å²) in [7, 11) is -3.50. The summed E-state index contributed by atoms with van der Waals surface area (Å²) in [5, 5.41) is 4.47. The Balaban J connectivity index is 3.26. The lowest BCUT2D eigenvalue weighted by Crippen LogP contribution is -2.20. The van der Waals surface area contributed by atoms with Crippen LogP contribution < -0.4 is 5.14 Å². The van der Waals surface area contributed by atoms with Crippen molar-refractivity contribution < 1.29 is 8.42 Å². The molecule has 0 aliphatic rings. The molecule has 0 spiro atoms. The lowest BCUT2D eigenvalue weighted by Gasteiger charge is -2.13. The molecule has 0 saturated carbocycles. The van der Waals surface area contributed by atoms with E-state index < -0.39 is 15.3 Å². The van der Waals surface area contributed by atoms with Gasteiger partial charge in [0.05, 0.1) is 5.25 Å². The number of aryl methyl sites for hydroxylation is 2. The third-order valence-corrected chi connectivity index (χ3v) is 3.61. The van der Waals surface area contributed by atoms with Crippen molar-refractivity contribution in [1.29, 1.82) is 0 Å². The minimum Gasteiger partial charge on any atom is -0.228 e. The SMILES string of the molecule is Cc1ccc(C)c(C(C)S(N)(=O)=O)c1. The van der Waals surface area contributed by atoms with Crippen molar-refractivity contribution in [2.45, 2.75) is 26.0 Å². The van der Waals surface area contributed by atoms with E-state index in [-0.39, 0.29) is 0 Å². The highest BCUT2D eigenvalue weighted by molar-refractivity contribution is 7.89. The second kappa shape index (κ2) is 3.71. The average molecular weight is 213 g/mol. The Morgan fingerprint density at radius 3 is 2.36 bits per heavy atom. The van der Waals surface area contributed by atoms with Gasteiger partial charge in [-0.15, -0.1) is 0 Å². The molecule has 0 aromatic heterocycles.